The van der Waals surface area contributed by atoms with Crippen molar-refractivity contribution in [3.63, 3.8) is 0 Å². The molecule has 0 aliphatic heterocycles. The van der Waals surface area contributed by atoms with E-state index in [-0.39, 0.29) is 17.1 Å². The number of benzene rings is 3. The van der Waals surface area contributed by atoms with E-state index in [0.717, 1.165) is 61.8 Å². The number of hydrogen-bond donors (Lipinski definition) is 1. The topological polar surface area (TPSA) is 74.7 Å². The van der Waals surface area contributed by atoms with Gasteiger partial charge in [0.25, 0.3) is 10.0 Å². The van der Waals surface area contributed by atoms with Crippen molar-refractivity contribution in [2.45, 2.75) is 63.7 Å². The number of carboxylic acids is 1. The second kappa shape index (κ2) is 12.7. The van der Waals surface area contributed by atoms with E-state index in [4.69, 9.17) is 0 Å². The first-order valence-corrected chi connectivity index (χ1v) is 14.0. The van der Waals surface area contributed by atoms with Crippen molar-refractivity contribution in [3.05, 3.63) is 83.7 Å². The molecular weight excluding hydrogens is 477 g/mol. The number of sulfonamides is 1. The number of nitrogens with zero attached hydrogens (tertiary/aromatic N) is 1. The molecule has 3 aromatic rings. The average Bonchev–Trinajstić information content (AvgIpc) is 2.88. The van der Waals surface area contributed by atoms with Crippen LogP contribution in [0.4, 0.5) is 10.1 Å². The molecule has 3 aromatic carbocycles. The van der Waals surface area contributed by atoms with Crippen molar-refractivity contribution in [1.82, 2.24) is 0 Å². The van der Waals surface area contributed by atoms with Crippen molar-refractivity contribution in [2.75, 3.05) is 10.8 Å². The first-order valence-electron chi connectivity index (χ1n) is 12.5. The van der Waals surface area contributed by atoms with Crippen LogP contribution in [0.2, 0.25) is 0 Å². The van der Waals surface area contributed by atoms with Crippen LogP contribution < -0.4 is 4.31 Å². The Morgan fingerprint density at radius 3 is 2.03 bits per heavy atom. The number of anilines is 1. The Morgan fingerprint density at radius 2 is 1.44 bits per heavy atom. The number of rotatable bonds is 13. The van der Waals surface area contributed by atoms with Gasteiger partial charge in [-0.2, -0.15) is 0 Å². The highest BCUT2D eigenvalue weighted by Gasteiger charge is 2.26. The molecule has 0 heterocycles. The normalized spacial score (nSPS) is 11.4. The number of hydrogen-bond acceptors (Lipinski definition) is 3. The molecule has 36 heavy (non-hydrogen) atoms. The summed E-state index contributed by atoms with van der Waals surface area (Å²) in [4.78, 5) is 11.6. The van der Waals surface area contributed by atoms with Gasteiger partial charge in [-0.05, 0) is 66.3 Å². The summed E-state index contributed by atoms with van der Waals surface area (Å²) >= 11 is 0. The van der Waals surface area contributed by atoms with Gasteiger partial charge in [0, 0.05) is 6.54 Å². The highest BCUT2D eigenvalue weighted by Crippen LogP contribution is 2.29. The average molecular weight is 512 g/mol. The van der Waals surface area contributed by atoms with Crippen LogP contribution in [0.15, 0.2) is 71.6 Å². The fourth-order valence-corrected chi connectivity index (χ4v) is 5.59. The van der Waals surface area contributed by atoms with Crippen LogP contribution in [0.5, 0.6) is 0 Å². The molecule has 0 aliphatic carbocycles. The Hall–Kier alpha value is -3.19. The first kappa shape index (κ1) is 27.4. The number of unbranched alkanes of at least 4 members (excludes halogenated alkanes) is 4. The zero-order chi connectivity index (χ0) is 26.1. The lowest BCUT2D eigenvalue weighted by atomic mass is 10.0. The highest BCUT2D eigenvalue weighted by atomic mass is 32.2. The van der Waals surface area contributed by atoms with Gasteiger partial charge in [0.15, 0.2) is 0 Å². The van der Waals surface area contributed by atoms with Gasteiger partial charge in [-0.15, -0.1) is 0 Å². The predicted molar refractivity (Wildman–Crippen MR) is 143 cm³/mol. The van der Waals surface area contributed by atoms with Gasteiger partial charge in [0.1, 0.15) is 5.82 Å². The monoisotopic (exact) mass is 511 g/mol. The molecule has 0 amide bonds. The van der Waals surface area contributed by atoms with E-state index in [1.807, 2.05) is 12.1 Å². The molecule has 5 nitrogen and oxygen atoms in total. The van der Waals surface area contributed by atoms with Gasteiger partial charge in [0.05, 0.1) is 16.1 Å². The maximum atomic E-state index is 14.0. The van der Waals surface area contributed by atoms with E-state index >= 15 is 0 Å². The Morgan fingerprint density at radius 1 is 0.833 bits per heavy atom. The number of carboxylic acid groups (broad SMARTS) is 1. The summed E-state index contributed by atoms with van der Waals surface area (Å²) in [6.45, 7) is 4.40. The molecule has 7 heteroatoms. The minimum atomic E-state index is -3.99. The number of carbonyl (C=O) groups is 1. The van der Waals surface area contributed by atoms with Crippen molar-refractivity contribution >= 4 is 21.7 Å². The van der Waals surface area contributed by atoms with Crippen LogP contribution in [-0.2, 0) is 16.4 Å². The van der Waals surface area contributed by atoms with Crippen LogP contribution in [0.3, 0.4) is 0 Å². The van der Waals surface area contributed by atoms with Gasteiger partial charge in [0.2, 0.25) is 0 Å². The van der Waals surface area contributed by atoms with Gasteiger partial charge in [-0.3, -0.25) is 4.31 Å². The van der Waals surface area contributed by atoms with Crippen LogP contribution in [0.1, 0.15) is 68.3 Å². The van der Waals surface area contributed by atoms with E-state index in [0.29, 0.717) is 6.42 Å². The summed E-state index contributed by atoms with van der Waals surface area (Å²) in [5, 5.41) is 9.33. The summed E-state index contributed by atoms with van der Waals surface area (Å²) in [7, 11) is -3.99. The van der Waals surface area contributed by atoms with Crippen LogP contribution in [-0.4, -0.2) is 26.0 Å². The molecule has 0 aromatic heterocycles. The summed E-state index contributed by atoms with van der Waals surface area (Å²) in [5.41, 5.74) is 2.76. The molecule has 0 saturated heterocycles. The number of aryl methyl sites for hydroxylation is 1. The Bertz CT molecular complexity index is 1260. The first-order chi connectivity index (χ1) is 17.3. The second-order valence-corrected chi connectivity index (χ2v) is 10.8. The summed E-state index contributed by atoms with van der Waals surface area (Å²) in [6.07, 6.45) is 6.72. The Labute approximate surface area is 213 Å². The largest absolute Gasteiger partial charge is 0.478 e. The third kappa shape index (κ3) is 6.72. The lowest BCUT2D eigenvalue weighted by molar-refractivity contribution is 0.0692. The molecule has 0 fully saturated rings. The van der Waals surface area contributed by atoms with Crippen molar-refractivity contribution in [3.8, 4) is 11.1 Å². The fraction of sp³-hybridized carbons (Fsp3) is 0.345. The van der Waals surface area contributed by atoms with Gasteiger partial charge >= 0.3 is 5.97 Å². The Kier molecular flexibility index (Phi) is 9.65. The number of halogens is 1. The minimum Gasteiger partial charge on any atom is -0.478 e. The lowest BCUT2D eigenvalue weighted by Gasteiger charge is -2.25. The maximum Gasteiger partial charge on any atom is 0.338 e. The fourth-order valence-electron chi connectivity index (χ4n) is 4.09. The van der Waals surface area contributed by atoms with Crippen molar-refractivity contribution in [1.29, 1.82) is 0 Å². The quantitative estimate of drug-likeness (QED) is 0.244. The summed E-state index contributed by atoms with van der Waals surface area (Å²) in [6, 6.07) is 18.4. The molecule has 0 radical (unpaired) electrons. The molecule has 0 spiro atoms. The summed E-state index contributed by atoms with van der Waals surface area (Å²) < 4.78 is 42.5. The molecule has 0 aliphatic rings. The van der Waals surface area contributed by atoms with E-state index in [9.17, 15) is 22.7 Å². The molecule has 3 rings (SSSR count). The van der Waals surface area contributed by atoms with Crippen LogP contribution >= 0.6 is 0 Å². The third-order valence-electron chi connectivity index (χ3n) is 6.23. The molecule has 0 saturated carbocycles. The SMILES string of the molecule is CCCCCCN(c1ccc(F)c(C(=O)O)c1)S(=O)(=O)c1ccc(-c2ccc(CCCC)cc2)cc1. The van der Waals surface area contributed by atoms with Crippen molar-refractivity contribution < 1.29 is 22.7 Å². The number of aromatic carboxylic acids is 1. The molecule has 0 unspecified atom stereocenters. The standard InChI is InChI=1S/C29H34FNO4S/c1-3-5-7-8-20-31(25-16-19-28(30)27(21-25)29(32)33)36(34,35)26-17-14-24(15-18-26)23-12-10-22(11-13-23)9-6-4-2/h10-19,21H,3-9,20H2,1-2H3,(H,32,33). The zero-order valence-electron chi connectivity index (χ0n) is 20.9. The van der Waals surface area contributed by atoms with E-state index < -0.39 is 27.4 Å². The van der Waals surface area contributed by atoms with E-state index in [1.54, 1.807) is 24.3 Å². The van der Waals surface area contributed by atoms with E-state index in [1.165, 1.54) is 15.9 Å². The zero-order valence-corrected chi connectivity index (χ0v) is 21.7. The molecule has 0 atom stereocenters. The minimum absolute atomic E-state index is 0.0995. The molecular formula is C29H34FNO4S. The van der Waals surface area contributed by atoms with Crippen LogP contribution in [0.25, 0.3) is 11.1 Å². The molecule has 0 bridgehead atoms. The highest BCUT2D eigenvalue weighted by molar-refractivity contribution is 7.92. The second-order valence-electron chi connectivity index (χ2n) is 8.93. The van der Waals surface area contributed by atoms with Crippen molar-refractivity contribution in [2.24, 2.45) is 0 Å². The van der Waals surface area contributed by atoms with Crippen LogP contribution in [0, 0.1) is 5.82 Å². The molecule has 1 N–H and O–H groups in total. The summed E-state index contributed by atoms with van der Waals surface area (Å²) in [5.74, 6) is -2.35. The van der Waals surface area contributed by atoms with Gasteiger partial charge < -0.3 is 5.11 Å². The maximum absolute atomic E-state index is 14.0. The Balaban J connectivity index is 1.90. The smallest absolute Gasteiger partial charge is 0.338 e. The third-order valence-corrected chi connectivity index (χ3v) is 8.07. The lowest BCUT2D eigenvalue weighted by Crippen LogP contribution is -2.32. The van der Waals surface area contributed by atoms with Gasteiger partial charge in [-0.25, -0.2) is 17.6 Å². The van der Waals surface area contributed by atoms with Gasteiger partial charge in [-0.1, -0.05) is 75.9 Å². The molecule has 192 valence electrons. The predicted octanol–water partition coefficient (Wildman–Crippen LogP) is 7.31. The van der Waals surface area contributed by atoms with E-state index in [2.05, 4.69) is 26.0 Å².